The van der Waals surface area contributed by atoms with Crippen molar-refractivity contribution in [3.63, 3.8) is 0 Å². The molecule has 8 heteroatoms. The molecule has 0 atom stereocenters. The van der Waals surface area contributed by atoms with Crippen LogP contribution in [-0.2, 0) is 25.7 Å². The monoisotopic (exact) mass is 414 g/mol. The number of hydrogen-bond donors (Lipinski definition) is 0. The molecule has 1 aliphatic rings. The van der Waals surface area contributed by atoms with Crippen LogP contribution in [0.5, 0.6) is 0 Å². The van der Waals surface area contributed by atoms with Crippen LogP contribution in [0.25, 0.3) is 6.08 Å². The molecule has 162 valence electrons. The van der Waals surface area contributed by atoms with Gasteiger partial charge in [0, 0.05) is 51.0 Å². The SMILES string of the molecule is CC(=O)N1CCN(C(=O)COC(=O)/C(C#N)=C/c2cc(C)n(CC(C)C)c2C)CC1. The number of ether oxygens (including phenoxy) is 1. The second-order valence-electron chi connectivity index (χ2n) is 7.96. The van der Waals surface area contributed by atoms with Crippen molar-refractivity contribution in [2.75, 3.05) is 32.8 Å². The van der Waals surface area contributed by atoms with Gasteiger partial charge in [-0.2, -0.15) is 5.26 Å². The molecule has 0 saturated carbocycles. The van der Waals surface area contributed by atoms with Gasteiger partial charge in [-0.1, -0.05) is 13.8 Å². The number of amides is 2. The first-order chi connectivity index (χ1) is 14.1. The Morgan fingerprint density at radius 2 is 1.77 bits per heavy atom. The Morgan fingerprint density at radius 1 is 1.17 bits per heavy atom. The second-order valence-corrected chi connectivity index (χ2v) is 7.96. The van der Waals surface area contributed by atoms with Gasteiger partial charge in [-0.25, -0.2) is 4.79 Å². The standard InChI is InChI=1S/C22H30N4O4/c1-15(2)13-26-16(3)10-19(17(26)4)11-20(12-23)22(29)30-14-21(28)25-8-6-24(7-9-25)18(5)27/h10-11,15H,6-9,13-14H2,1-5H3/b20-11+. The van der Waals surface area contributed by atoms with E-state index in [2.05, 4.69) is 18.4 Å². The quantitative estimate of drug-likeness (QED) is 0.402. The average Bonchev–Trinajstić information content (AvgIpc) is 2.96. The van der Waals surface area contributed by atoms with Gasteiger partial charge in [0.25, 0.3) is 5.91 Å². The van der Waals surface area contributed by atoms with Crippen LogP contribution in [0.3, 0.4) is 0 Å². The maximum atomic E-state index is 12.3. The summed E-state index contributed by atoms with van der Waals surface area (Å²) in [5, 5.41) is 9.41. The first kappa shape index (κ1) is 23.2. The lowest BCUT2D eigenvalue weighted by Gasteiger charge is -2.34. The van der Waals surface area contributed by atoms with Gasteiger partial charge in [0.1, 0.15) is 11.6 Å². The lowest BCUT2D eigenvalue weighted by Crippen LogP contribution is -2.51. The van der Waals surface area contributed by atoms with E-state index in [9.17, 15) is 19.6 Å². The maximum absolute atomic E-state index is 12.3. The lowest BCUT2D eigenvalue weighted by molar-refractivity contribution is -0.150. The molecule has 0 unspecified atom stereocenters. The minimum atomic E-state index is -0.818. The van der Waals surface area contributed by atoms with Gasteiger partial charge >= 0.3 is 5.97 Å². The van der Waals surface area contributed by atoms with Crippen LogP contribution in [0.4, 0.5) is 0 Å². The third kappa shape index (κ3) is 5.72. The van der Waals surface area contributed by atoms with Crippen molar-refractivity contribution in [3.8, 4) is 6.07 Å². The number of aryl methyl sites for hydroxylation is 1. The van der Waals surface area contributed by atoms with Gasteiger partial charge in [-0.05, 0) is 37.5 Å². The Bertz CT molecular complexity index is 884. The van der Waals surface area contributed by atoms with Gasteiger partial charge < -0.3 is 19.1 Å². The van der Waals surface area contributed by atoms with Gasteiger partial charge in [-0.3, -0.25) is 9.59 Å². The summed E-state index contributed by atoms with van der Waals surface area (Å²) in [7, 11) is 0. The van der Waals surface area contributed by atoms with Crippen LogP contribution in [0.1, 0.15) is 37.7 Å². The Balaban J connectivity index is 1.99. The van der Waals surface area contributed by atoms with E-state index in [0.717, 1.165) is 23.5 Å². The zero-order valence-electron chi connectivity index (χ0n) is 18.4. The molecule has 0 N–H and O–H groups in total. The molecular weight excluding hydrogens is 384 g/mol. The molecule has 1 aliphatic heterocycles. The number of aromatic nitrogens is 1. The summed E-state index contributed by atoms with van der Waals surface area (Å²) < 4.78 is 7.24. The van der Waals surface area contributed by atoms with E-state index in [1.165, 1.54) is 13.0 Å². The highest BCUT2D eigenvalue weighted by Crippen LogP contribution is 2.20. The number of carbonyl (C=O) groups excluding carboxylic acids is 3. The van der Waals surface area contributed by atoms with Crippen LogP contribution in [0.15, 0.2) is 11.6 Å². The van der Waals surface area contributed by atoms with Crippen molar-refractivity contribution in [2.24, 2.45) is 5.92 Å². The minimum absolute atomic E-state index is 0.0231. The highest BCUT2D eigenvalue weighted by atomic mass is 16.5. The highest BCUT2D eigenvalue weighted by Gasteiger charge is 2.24. The Kier molecular flexibility index (Phi) is 7.81. The van der Waals surface area contributed by atoms with E-state index in [1.54, 1.807) is 9.80 Å². The molecule has 2 rings (SSSR count). The van der Waals surface area contributed by atoms with E-state index in [-0.39, 0.29) is 17.4 Å². The number of hydrogen-bond acceptors (Lipinski definition) is 5. The molecule has 2 heterocycles. The predicted molar refractivity (Wildman–Crippen MR) is 112 cm³/mol. The van der Waals surface area contributed by atoms with Gasteiger partial charge in [0.05, 0.1) is 0 Å². The smallest absolute Gasteiger partial charge is 0.349 e. The van der Waals surface area contributed by atoms with Gasteiger partial charge in [0.2, 0.25) is 5.91 Å². The van der Waals surface area contributed by atoms with Crippen molar-refractivity contribution < 1.29 is 19.1 Å². The Morgan fingerprint density at radius 3 is 2.30 bits per heavy atom. The summed E-state index contributed by atoms with van der Waals surface area (Å²) in [5.74, 6) is -0.707. The summed E-state index contributed by atoms with van der Waals surface area (Å²) in [5.41, 5.74) is 2.67. The topological polar surface area (TPSA) is 95.6 Å². The zero-order valence-corrected chi connectivity index (χ0v) is 18.4. The molecule has 8 nitrogen and oxygen atoms in total. The third-order valence-corrected chi connectivity index (χ3v) is 5.21. The number of nitrogens with zero attached hydrogens (tertiary/aromatic N) is 4. The predicted octanol–water partition coefficient (Wildman–Crippen LogP) is 1.90. The minimum Gasteiger partial charge on any atom is -0.451 e. The molecule has 0 bridgehead atoms. The molecular formula is C22H30N4O4. The van der Waals surface area contributed by atoms with Crippen molar-refractivity contribution in [3.05, 3.63) is 28.6 Å². The van der Waals surface area contributed by atoms with Crippen molar-refractivity contribution in [1.29, 1.82) is 5.26 Å². The summed E-state index contributed by atoms with van der Waals surface area (Å²) in [4.78, 5) is 39.2. The van der Waals surface area contributed by atoms with Gasteiger partial charge in [0.15, 0.2) is 6.61 Å². The summed E-state index contributed by atoms with van der Waals surface area (Å²) >= 11 is 0. The summed E-state index contributed by atoms with van der Waals surface area (Å²) in [6.45, 7) is 11.8. The lowest BCUT2D eigenvalue weighted by atomic mass is 10.1. The van der Waals surface area contributed by atoms with Crippen molar-refractivity contribution in [2.45, 2.75) is 41.2 Å². The Labute approximate surface area is 177 Å². The van der Waals surface area contributed by atoms with E-state index in [0.29, 0.717) is 32.1 Å². The van der Waals surface area contributed by atoms with Crippen LogP contribution >= 0.6 is 0 Å². The fourth-order valence-corrected chi connectivity index (χ4v) is 3.48. The summed E-state index contributed by atoms with van der Waals surface area (Å²) in [6, 6.07) is 3.81. The summed E-state index contributed by atoms with van der Waals surface area (Å²) in [6.07, 6.45) is 1.51. The van der Waals surface area contributed by atoms with Crippen molar-refractivity contribution >= 4 is 23.9 Å². The zero-order chi connectivity index (χ0) is 22.4. The van der Waals surface area contributed by atoms with E-state index >= 15 is 0 Å². The molecule has 0 spiro atoms. The molecule has 1 saturated heterocycles. The molecule has 2 amide bonds. The molecule has 0 radical (unpaired) electrons. The fraction of sp³-hybridized carbons (Fsp3) is 0.545. The molecule has 0 aliphatic carbocycles. The largest absolute Gasteiger partial charge is 0.451 e. The average molecular weight is 415 g/mol. The van der Waals surface area contributed by atoms with Crippen LogP contribution in [0.2, 0.25) is 0 Å². The van der Waals surface area contributed by atoms with Crippen LogP contribution in [-0.4, -0.2) is 64.9 Å². The number of carbonyl (C=O) groups is 3. The number of rotatable bonds is 6. The second kappa shape index (κ2) is 10.1. The maximum Gasteiger partial charge on any atom is 0.349 e. The molecule has 30 heavy (non-hydrogen) atoms. The number of nitriles is 1. The normalized spacial score (nSPS) is 14.6. The van der Waals surface area contributed by atoms with Crippen LogP contribution < -0.4 is 0 Å². The highest BCUT2D eigenvalue weighted by molar-refractivity contribution is 5.99. The molecule has 0 aromatic carbocycles. The Hall–Kier alpha value is -3.08. The number of piperazine rings is 1. The van der Waals surface area contributed by atoms with E-state index in [4.69, 9.17) is 4.74 Å². The van der Waals surface area contributed by atoms with Gasteiger partial charge in [-0.15, -0.1) is 0 Å². The third-order valence-electron chi connectivity index (χ3n) is 5.21. The van der Waals surface area contributed by atoms with Crippen molar-refractivity contribution in [1.82, 2.24) is 14.4 Å². The first-order valence-corrected chi connectivity index (χ1v) is 10.1. The van der Waals surface area contributed by atoms with E-state index in [1.807, 2.05) is 26.0 Å². The fourth-order valence-electron chi connectivity index (χ4n) is 3.48. The van der Waals surface area contributed by atoms with Crippen LogP contribution in [0, 0.1) is 31.1 Å². The molecule has 1 fully saturated rings. The molecule has 1 aromatic rings. The number of esters is 1. The van der Waals surface area contributed by atoms with E-state index < -0.39 is 12.6 Å². The molecule has 1 aromatic heterocycles. The first-order valence-electron chi connectivity index (χ1n) is 10.1.